The lowest BCUT2D eigenvalue weighted by Gasteiger charge is -2.03. The molecule has 25 heavy (non-hydrogen) atoms. The number of hydrogen-bond donors (Lipinski definition) is 0. The molecule has 2 unspecified atom stereocenters. The zero-order valence-electron chi connectivity index (χ0n) is 15.0. The number of nitrogens with zero attached hydrogens (tertiary/aromatic N) is 4. The molecule has 4 rings (SSSR count). The van der Waals surface area contributed by atoms with Gasteiger partial charge in [-0.25, -0.2) is 0 Å². The van der Waals surface area contributed by atoms with Crippen LogP contribution >= 0.6 is 0 Å². The Morgan fingerprint density at radius 3 is 2.60 bits per heavy atom. The Balaban J connectivity index is 1.21. The highest BCUT2D eigenvalue weighted by atomic mass is 16.5. The third-order valence-corrected chi connectivity index (χ3v) is 5.46. The van der Waals surface area contributed by atoms with Gasteiger partial charge in [-0.05, 0) is 62.0 Å². The van der Waals surface area contributed by atoms with Crippen LogP contribution in [0.5, 0.6) is 0 Å². The minimum absolute atomic E-state index is 0.517. The van der Waals surface area contributed by atoms with Crippen LogP contribution in [0.3, 0.4) is 0 Å². The number of carbonyl (C=O) groups is 1. The fourth-order valence-electron chi connectivity index (χ4n) is 3.58. The highest BCUT2D eigenvalue weighted by molar-refractivity contribution is 5.71. The molecule has 0 spiro atoms. The number of ether oxygens (including phenoxy) is 1. The Morgan fingerprint density at radius 2 is 1.88 bits per heavy atom. The highest BCUT2D eigenvalue weighted by Gasteiger charge is 2.37. The molecule has 6 nitrogen and oxygen atoms in total. The predicted molar refractivity (Wildman–Crippen MR) is 93.2 cm³/mol. The van der Waals surface area contributed by atoms with Crippen molar-refractivity contribution in [1.82, 2.24) is 19.6 Å². The molecule has 0 radical (unpaired) electrons. The minimum atomic E-state index is 0.517. The van der Waals surface area contributed by atoms with Gasteiger partial charge in [0, 0.05) is 25.5 Å². The van der Waals surface area contributed by atoms with E-state index in [0.29, 0.717) is 24.1 Å². The Kier molecular flexibility index (Phi) is 4.46. The zero-order valence-corrected chi connectivity index (χ0v) is 15.0. The summed E-state index contributed by atoms with van der Waals surface area (Å²) in [4.78, 5) is 10.8. The Hall–Kier alpha value is -1.95. The van der Waals surface area contributed by atoms with Gasteiger partial charge in [-0.3, -0.25) is 14.2 Å². The molecule has 6 heteroatoms. The lowest BCUT2D eigenvalue weighted by molar-refractivity contribution is 0.105. The fraction of sp³-hybridized carbons (Fsp3) is 0.632. The van der Waals surface area contributed by atoms with Crippen LogP contribution in [0.15, 0.2) is 12.1 Å². The first-order valence-electron chi connectivity index (χ1n) is 9.20. The number of aromatic nitrogens is 4. The first-order chi connectivity index (χ1) is 12.1. The molecule has 2 aromatic rings. The lowest BCUT2D eigenvalue weighted by atomic mass is 10.2. The van der Waals surface area contributed by atoms with Gasteiger partial charge in [-0.2, -0.15) is 10.2 Å². The molecule has 0 amide bonds. The molecule has 0 aliphatic heterocycles. The molecule has 2 atom stereocenters. The molecule has 2 aliphatic carbocycles. The molecule has 0 bridgehead atoms. The van der Waals surface area contributed by atoms with E-state index in [1.807, 2.05) is 29.5 Å². The predicted octanol–water partition coefficient (Wildman–Crippen LogP) is 2.31. The van der Waals surface area contributed by atoms with Crippen molar-refractivity contribution in [2.75, 3.05) is 6.61 Å². The second-order valence-corrected chi connectivity index (χ2v) is 7.68. The molecule has 134 valence electrons. The van der Waals surface area contributed by atoms with Gasteiger partial charge in [-0.1, -0.05) is 0 Å². The fourth-order valence-corrected chi connectivity index (χ4v) is 3.58. The van der Waals surface area contributed by atoms with Gasteiger partial charge in [0.25, 0.3) is 0 Å². The monoisotopic (exact) mass is 342 g/mol. The molecular weight excluding hydrogens is 316 g/mol. The standard InChI is InChI=1S/C19H26N4O2/c1-22-18(5-13-3-4-13)9-17(21-22)12-25-11-15-6-14(15)7-19-8-16(10-24)20-23(19)2/h8-10,13-15H,3-7,11-12H2,1-2H3. The molecule has 2 fully saturated rings. The molecule has 2 aliphatic rings. The summed E-state index contributed by atoms with van der Waals surface area (Å²) in [5.41, 5.74) is 4.01. The lowest BCUT2D eigenvalue weighted by Crippen LogP contribution is -2.03. The van der Waals surface area contributed by atoms with Gasteiger partial charge in [-0.15, -0.1) is 0 Å². The van der Waals surface area contributed by atoms with E-state index in [2.05, 4.69) is 16.3 Å². The molecule has 0 N–H and O–H groups in total. The number of aryl methyl sites for hydroxylation is 2. The number of rotatable bonds is 9. The van der Waals surface area contributed by atoms with E-state index in [9.17, 15) is 4.79 Å². The van der Waals surface area contributed by atoms with E-state index in [-0.39, 0.29) is 0 Å². The molecule has 2 heterocycles. The summed E-state index contributed by atoms with van der Waals surface area (Å²) in [7, 11) is 3.93. The Morgan fingerprint density at radius 1 is 1.12 bits per heavy atom. The van der Waals surface area contributed by atoms with Crippen LogP contribution in [0.1, 0.15) is 46.8 Å². The van der Waals surface area contributed by atoms with Crippen molar-refractivity contribution in [2.24, 2.45) is 31.8 Å². The quantitative estimate of drug-likeness (QED) is 0.656. The third-order valence-electron chi connectivity index (χ3n) is 5.46. The van der Waals surface area contributed by atoms with E-state index >= 15 is 0 Å². The minimum Gasteiger partial charge on any atom is -0.375 e. The van der Waals surface area contributed by atoms with Crippen LogP contribution < -0.4 is 0 Å². The smallest absolute Gasteiger partial charge is 0.170 e. The average Bonchev–Trinajstić information content (AvgIpc) is 3.47. The zero-order chi connectivity index (χ0) is 17.4. The van der Waals surface area contributed by atoms with Gasteiger partial charge in [0.15, 0.2) is 6.29 Å². The Labute approximate surface area is 148 Å². The van der Waals surface area contributed by atoms with Crippen molar-refractivity contribution in [3.05, 3.63) is 34.9 Å². The maximum atomic E-state index is 10.8. The number of hydrogen-bond acceptors (Lipinski definition) is 4. The first-order valence-corrected chi connectivity index (χ1v) is 9.20. The maximum Gasteiger partial charge on any atom is 0.170 e. The second-order valence-electron chi connectivity index (χ2n) is 7.68. The first kappa shape index (κ1) is 16.5. The van der Waals surface area contributed by atoms with Crippen LogP contribution in [-0.2, 0) is 38.3 Å². The second kappa shape index (κ2) is 6.75. The van der Waals surface area contributed by atoms with Gasteiger partial charge in [0.05, 0.1) is 18.9 Å². The van der Waals surface area contributed by atoms with Crippen molar-refractivity contribution in [3.63, 3.8) is 0 Å². The van der Waals surface area contributed by atoms with E-state index in [1.165, 1.54) is 25.0 Å². The van der Waals surface area contributed by atoms with Crippen molar-refractivity contribution in [1.29, 1.82) is 0 Å². The van der Waals surface area contributed by atoms with Crippen LogP contribution in [0.25, 0.3) is 0 Å². The molecule has 2 aromatic heterocycles. The largest absolute Gasteiger partial charge is 0.375 e. The highest BCUT2D eigenvalue weighted by Crippen LogP contribution is 2.41. The summed E-state index contributed by atoms with van der Waals surface area (Å²) in [6.45, 7) is 1.39. The molecule has 0 aromatic carbocycles. The molecule has 0 saturated heterocycles. The van der Waals surface area contributed by atoms with E-state index in [1.54, 1.807) is 0 Å². The summed E-state index contributed by atoms with van der Waals surface area (Å²) in [5, 5.41) is 8.75. The van der Waals surface area contributed by atoms with E-state index < -0.39 is 0 Å². The van der Waals surface area contributed by atoms with Crippen LogP contribution in [0.4, 0.5) is 0 Å². The van der Waals surface area contributed by atoms with Gasteiger partial charge in [0.2, 0.25) is 0 Å². The SMILES string of the molecule is Cn1nc(C=O)cc1CC1CC1COCc1cc(CC2CC2)n(C)n1. The summed E-state index contributed by atoms with van der Waals surface area (Å²) in [6, 6.07) is 4.08. The number of carbonyl (C=O) groups excluding carboxylic acids is 1. The van der Waals surface area contributed by atoms with Crippen molar-refractivity contribution in [3.8, 4) is 0 Å². The summed E-state index contributed by atoms with van der Waals surface area (Å²) in [6.07, 6.45) is 6.86. The van der Waals surface area contributed by atoms with Crippen LogP contribution in [-0.4, -0.2) is 32.5 Å². The number of aldehydes is 1. The third kappa shape index (κ3) is 4.00. The van der Waals surface area contributed by atoms with Gasteiger partial charge < -0.3 is 4.74 Å². The Bertz CT molecular complexity index is 760. The average molecular weight is 342 g/mol. The summed E-state index contributed by atoms with van der Waals surface area (Å²) >= 11 is 0. The summed E-state index contributed by atoms with van der Waals surface area (Å²) < 4.78 is 9.72. The van der Waals surface area contributed by atoms with E-state index in [4.69, 9.17) is 4.74 Å². The maximum absolute atomic E-state index is 10.8. The van der Waals surface area contributed by atoms with Crippen LogP contribution in [0.2, 0.25) is 0 Å². The van der Waals surface area contributed by atoms with E-state index in [0.717, 1.165) is 43.0 Å². The van der Waals surface area contributed by atoms with Crippen molar-refractivity contribution >= 4 is 6.29 Å². The van der Waals surface area contributed by atoms with Crippen molar-refractivity contribution in [2.45, 2.75) is 38.7 Å². The van der Waals surface area contributed by atoms with Crippen molar-refractivity contribution < 1.29 is 9.53 Å². The summed E-state index contributed by atoms with van der Waals surface area (Å²) in [5.74, 6) is 2.14. The van der Waals surface area contributed by atoms with Crippen LogP contribution in [0, 0.1) is 17.8 Å². The molecule has 2 saturated carbocycles. The topological polar surface area (TPSA) is 61.9 Å². The normalized spacial score (nSPS) is 22.3. The van der Waals surface area contributed by atoms with Gasteiger partial charge >= 0.3 is 0 Å². The molecular formula is C19H26N4O2. The van der Waals surface area contributed by atoms with Gasteiger partial charge in [0.1, 0.15) is 5.69 Å².